The molecule has 2 amide bonds. The van der Waals surface area contributed by atoms with Gasteiger partial charge < -0.3 is 29.1 Å². The van der Waals surface area contributed by atoms with E-state index in [-0.39, 0.29) is 24.1 Å². The number of benzene rings is 3. The van der Waals surface area contributed by atoms with E-state index in [1.807, 2.05) is 52.3 Å². The minimum Gasteiger partial charge on any atom is -0.497 e. The SMILES string of the molecule is COc1ccc(C(OCC(CO)CCN2CCN(C(=O)N3CCN(C(C)(C)C)CC3)CC2)(c2ccccc2)c2ccc(OC)cc2)cc1. The zero-order chi connectivity index (χ0) is 34.1. The molecule has 2 heterocycles. The summed E-state index contributed by atoms with van der Waals surface area (Å²) in [5, 5.41) is 10.5. The van der Waals surface area contributed by atoms with Gasteiger partial charge in [0, 0.05) is 70.4 Å². The second-order valence-corrected chi connectivity index (χ2v) is 13.9. The molecule has 3 aromatic rings. The molecule has 3 aromatic carbocycles. The first-order chi connectivity index (χ1) is 23.2. The number of methoxy groups -OCH3 is 2. The number of ether oxygens (including phenoxy) is 3. The average Bonchev–Trinajstić information content (AvgIpc) is 3.13. The fourth-order valence-corrected chi connectivity index (χ4v) is 6.84. The van der Waals surface area contributed by atoms with Crippen LogP contribution in [0.3, 0.4) is 0 Å². The molecule has 0 saturated carbocycles. The summed E-state index contributed by atoms with van der Waals surface area (Å²) in [5.74, 6) is 1.48. The van der Waals surface area contributed by atoms with Gasteiger partial charge in [-0.15, -0.1) is 0 Å². The highest BCUT2D eigenvalue weighted by Gasteiger charge is 2.39. The van der Waals surface area contributed by atoms with Crippen molar-refractivity contribution in [2.75, 3.05) is 86.3 Å². The molecular weight excluding hydrogens is 604 g/mol. The molecule has 1 unspecified atom stereocenters. The number of urea groups is 1. The van der Waals surface area contributed by atoms with Crippen LogP contribution in [0.25, 0.3) is 0 Å². The lowest BCUT2D eigenvalue weighted by molar-refractivity contribution is -0.0224. The summed E-state index contributed by atoms with van der Waals surface area (Å²) < 4.78 is 18.0. The summed E-state index contributed by atoms with van der Waals surface area (Å²) in [7, 11) is 3.33. The van der Waals surface area contributed by atoms with Crippen LogP contribution in [-0.4, -0.2) is 123 Å². The Labute approximate surface area is 287 Å². The average molecular weight is 659 g/mol. The Bertz CT molecular complexity index is 1360. The summed E-state index contributed by atoms with van der Waals surface area (Å²) in [5.41, 5.74) is 2.15. The predicted molar refractivity (Wildman–Crippen MR) is 190 cm³/mol. The smallest absolute Gasteiger partial charge is 0.320 e. The number of carbonyl (C=O) groups excluding carboxylic acids is 1. The van der Waals surface area contributed by atoms with Crippen LogP contribution in [0.15, 0.2) is 78.9 Å². The van der Waals surface area contributed by atoms with Gasteiger partial charge in [0.25, 0.3) is 0 Å². The van der Waals surface area contributed by atoms with Crippen molar-refractivity contribution in [3.05, 3.63) is 95.6 Å². The maximum Gasteiger partial charge on any atom is 0.320 e. The minimum atomic E-state index is -0.919. The van der Waals surface area contributed by atoms with Crippen LogP contribution < -0.4 is 9.47 Å². The first-order valence-electron chi connectivity index (χ1n) is 17.3. The fraction of sp³-hybridized carbons (Fsp3) is 0.513. The first-order valence-corrected chi connectivity index (χ1v) is 17.3. The van der Waals surface area contributed by atoms with Crippen LogP contribution in [0, 0.1) is 5.92 Å². The van der Waals surface area contributed by atoms with E-state index in [0.717, 1.165) is 93.5 Å². The van der Waals surface area contributed by atoms with Gasteiger partial charge in [-0.1, -0.05) is 54.6 Å². The van der Waals surface area contributed by atoms with E-state index < -0.39 is 5.60 Å². The molecule has 1 atom stereocenters. The minimum absolute atomic E-state index is 0.0229. The van der Waals surface area contributed by atoms with E-state index in [0.29, 0.717) is 6.61 Å². The standard InChI is InChI=1S/C39H54N4O5/c1-38(2,3)43-27-25-42(26-28-43)37(45)41-23-21-40(22-24-41)20-19-31(29-44)30-48-39(32-9-7-6-8-10-32,33-11-15-35(46-4)16-12-33)34-13-17-36(47-5)18-14-34/h6-18,31,44H,19-30H2,1-5H3. The van der Waals surface area contributed by atoms with Crippen molar-refractivity contribution in [2.24, 2.45) is 5.92 Å². The molecule has 0 radical (unpaired) electrons. The van der Waals surface area contributed by atoms with Crippen molar-refractivity contribution in [1.82, 2.24) is 19.6 Å². The molecule has 260 valence electrons. The van der Waals surface area contributed by atoms with Crippen molar-refractivity contribution in [3.8, 4) is 11.5 Å². The van der Waals surface area contributed by atoms with E-state index in [4.69, 9.17) is 14.2 Å². The zero-order valence-corrected chi connectivity index (χ0v) is 29.4. The number of nitrogens with zero attached hydrogens (tertiary/aromatic N) is 4. The number of hydrogen-bond donors (Lipinski definition) is 1. The van der Waals surface area contributed by atoms with Crippen LogP contribution in [-0.2, 0) is 10.3 Å². The number of amides is 2. The zero-order valence-electron chi connectivity index (χ0n) is 29.4. The van der Waals surface area contributed by atoms with Gasteiger partial charge in [-0.3, -0.25) is 9.80 Å². The second kappa shape index (κ2) is 16.2. The number of hydrogen-bond acceptors (Lipinski definition) is 7. The van der Waals surface area contributed by atoms with Crippen molar-refractivity contribution in [2.45, 2.75) is 38.3 Å². The number of aliphatic hydroxyl groups is 1. The molecule has 0 aliphatic carbocycles. The van der Waals surface area contributed by atoms with Crippen molar-refractivity contribution in [3.63, 3.8) is 0 Å². The quantitative estimate of drug-likeness (QED) is 0.270. The molecule has 2 aliphatic heterocycles. The fourth-order valence-electron chi connectivity index (χ4n) is 6.84. The van der Waals surface area contributed by atoms with Gasteiger partial charge in [0.2, 0.25) is 0 Å². The van der Waals surface area contributed by atoms with E-state index in [9.17, 15) is 9.90 Å². The Morgan fingerprint density at radius 1 is 0.708 bits per heavy atom. The lowest BCUT2D eigenvalue weighted by Gasteiger charge is -2.44. The van der Waals surface area contributed by atoms with Crippen LogP contribution in [0.4, 0.5) is 4.79 Å². The van der Waals surface area contributed by atoms with E-state index in [2.05, 4.69) is 67.0 Å². The summed E-state index contributed by atoms with van der Waals surface area (Å²) >= 11 is 0. The number of rotatable bonds is 12. The molecule has 2 fully saturated rings. The van der Waals surface area contributed by atoms with Crippen molar-refractivity contribution in [1.29, 1.82) is 0 Å². The van der Waals surface area contributed by atoms with E-state index in [1.54, 1.807) is 14.2 Å². The highest BCUT2D eigenvalue weighted by Crippen LogP contribution is 2.42. The molecular formula is C39H54N4O5. The van der Waals surface area contributed by atoms with Gasteiger partial charge in [0.15, 0.2) is 0 Å². The third kappa shape index (κ3) is 8.32. The molecule has 2 saturated heterocycles. The van der Waals surface area contributed by atoms with Crippen LogP contribution in [0.5, 0.6) is 11.5 Å². The second-order valence-electron chi connectivity index (χ2n) is 13.9. The molecule has 5 rings (SSSR count). The van der Waals surface area contributed by atoms with Gasteiger partial charge in [-0.25, -0.2) is 4.79 Å². The number of carbonyl (C=O) groups is 1. The maximum absolute atomic E-state index is 13.3. The molecule has 0 bridgehead atoms. The molecule has 9 nitrogen and oxygen atoms in total. The molecule has 1 N–H and O–H groups in total. The topological polar surface area (TPSA) is 78.0 Å². The summed E-state index contributed by atoms with van der Waals surface area (Å²) in [4.78, 5) is 22.2. The lowest BCUT2D eigenvalue weighted by Crippen LogP contribution is -2.59. The first kappa shape index (κ1) is 35.7. The number of aliphatic hydroxyl groups excluding tert-OH is 1. The van der Waals surface area contributed by atoms with Crippen molar-refractivity contribution >= 4 is 6.03 Å². The van der Waals surface area contributed by atoms with E-state index >= 15 is 0 Å². The summed E-state index contributed by atoms with van der Waals surface area (Å²) in [6, 6.07) is 26.4. The Morgan fingerprint density at radius 3 is 1.65 bits per heavy atom. The van der Waals surface area contributed by atoms with Gasteiger partial charge in [-0.2, -0.15) is 0 Å². The Kier molecular flexibility index (Phi) is 12.0. The largest absolute Gasteiger partial charge is 0.497 e. The van der Waals surface area contributed by atoms with Crippen LogP contribution in [0.1, 0.15) is 43.9 Å². The van der Waals surface area contributed by atoms with Gasteiger partial charge in [-0.05, 0) is 74.7 Å². The third-order valence-corrected chi connectivity index (χ3v) is 9.96. The van der Waals surface area contributed by atoms with Crippen LogP contribution in [0.2, 0.25) is 0 Å². The monoisotopic (exact) mass is 658 g/mol. The Balaban J connectivity index is 1.24. The Morgan fingerprint density at radius 2 is 1.19 bits per heavy atom. The van der Waals surface area contributed by atoms with E-state index in [1.165, 1.54) is 0 Å². The Hall–Kier alpha value is -3.63. The van der Waals surface area contributed by atoms with Gasteiger partial charge in [0.1, 0.15) is 17.1 Å². The number of piperazine rings is 2. The normalized spacial score (nSPS) is 17.3. The molecule has 2 aliphatic rings. The predicted octanol–water partition coefficient (Wildman–Crippen LogP) is 5.16. The lowest BCUT2D eigenvalue weighted by atomic mass is 9.80. The highest BCUT2D eigenvalue weighted by molar-refractivity contribution is 5.74. The van der Waals surface area contributed by atoms with Crippen molar-refractivity contribution < 1.29 is 24.1 Å². The molecule has 0 aromatic heterocycles. The molecule has 9 heteroatoms. The maximum atomic E-state index is 13.3. The summed E-state index contributed by atoms with van der Waals surface area (Å²) in [6.45, 7) is 14.5. The van der Waals surface area contributed by atoms with Gasteiger partial charge in [0.05, 0.1) is 20.8 Å². The third-order valence-electron chi connectivity index (χ3n) is 9.96. The van der Waals surface area contributed by atoms with Crippen LogP contribution >= 0.6 is 0 Å². The highest BCUT2D eigenvalue weighted by atomic mass is 16.5. The molecule has 0 spiro atoms. The molecule has 48 heavy (non-hydrogen) atoms. The van der Waals surface area contributed by atoms with Gasteiger partial charge >= 0.3 is 6.03 Å². The summed E-state index contributed by atoms with van der Waals surface area (Å²) in [6.07, 6.45) is 0.787.